The molecule has 0 saturated carbocycles. The number of halogens is 3. The van der Waals surface area contributed by atoms with E-state index in [2.05, 4.69) is 0 Å². The first-order valence-corrected chi connectivity index (χ1v) is 3.46. The number of pyridine rings is 1. The number of amides is 1. The molecule has 1 heterocycles. The fourth-order valence-electron chi connectivity index (χ4n) is 0.731. The lowest BCUT2D eigenvalue weighted by Gasteiger charge is -2.06. The van der Waals surface area contributed by atoms with Gasteiger partial charge in [0.05, 0.1) is 0 Å². The van der Waals surface area contributed by atoms with Gasteiger partial charge < -0.3 is 10.5 Å². The molecule has 76 valence electrons. The average Bonchev–Trinajstić information content (AvgIpc) is 2.02. The van der Waals surface area contributed by atoms with Crippen LogP contribution >= 0.6 is 0 Å². The van der Waals surface area contributed by atoms with Crippen molar-refractivity contribution in [2.75, 3.05) is 5.32 Å². The summed E-state index contributed by atoms with van der Waals surface area (Å²) in [6.45, 7) is 0. The molecule has 0 fully saturated rings. The van der Waals surface area contributed by atoms with Gasteiger partial charge in [0.25, 0.3) is 0 Å². The molecule has 7 heteroatoms. The molecule has 0 aliphatic carbocycles. The SMILES string of the molecule is O=C(Nc1ccc[n+]([O-])c1)C(F)(F)F. The highest BCUT2D eigenvalue weighted by molar-refractivity contribution is 5.94. The second kappa shape index (κ2) is 3.52. The van der Waals surface area contributed by atoms with Crippen LogP contribution in [0, 0.1) is 5.21 Å². The van der Waals surface area contributed by atoms with Crippen molar-refractivity contribution < 1.29 is 22.7 Å². The Labute approximate surface area is 76.5 Å². The van der Waals surface area contributed by atoms with Crippen LogP contribution < -0.4 is 10.0 Å². The third-order valence-electron chi connectivity index (χ3n) is 1.29. The standard InChI is InChI=1S/C7H5F3N2O2/c8-7(9,10)6(13)11-5-2-1-3-12(14)4-5/h1-4H,(H,11,13). The van der Waals surface area contributed by atoms with Gasteiger partial charge in [-0.3, -0.25) is 4.79 Å². The Bertz CT molecular complexity index is 351. The molecule has 0 aliphatic heterocycles. The molecule has 0 spiro atoms. The summed E-state index contributed by atoms with van der Waals surface area (Å²) in [5.74, 6) is -2.11. The summed E-state index contributed by atoms with van der Waals surface area (Å²) in [5.41, 5.74) is -0.204. The predicted octanol–water partition coefficient (Wildman–Crippen LogP) is 0.821. The number of anilines is 1. The summed E-state index contributed by atoms with van der Waals surface area (Å²) >= 11 is 0. The Balaban J connectivity index is 2.75. The lowest BCUT2D eigenvalue weighted by molar-refractivity contribution is -0.604. The van der Waals surface area contributed by atoms with Crippen LogP contribution in [0.2, 0.25) is 0 Å². The Hall–Kier alpha value is -1.79. The molecule has 0 saturated heterocycles. The fraction of sp³-hybridized carbons (Fsp3) is 0.143. The number of rotatable bonds is 1. The van der Waals surface area contributed by atoms with E-state index in [1.54, 1.807) is 0 Å². The van der Waals surface area contributed by atoms with E-state index in [0.717, 1.165) is 12.4 Å². The normalized spacial score (nSPS) is 11.1. The second-order valence-electron chi connectivity index (χ2n) is 2.40. The first-order valence-electron chi connectivity index (χ1n) is 3.46. The van der Waals surface area contributed by atoms with Gasteiger partial charge in [0, 0.05) is 6.07 Å². The molecule has 1 aromatic heterocycles. The number of hydrogen-bond donors (Lipinski definition) is 1. The van der Waals surface area contributed by atoms with Gasteiger partial charge in [-0.25, -0.2) is 0 Å². The van der Waals surface area contributed by atoms with Crippen molar-refractivity contribution in [3.63, 3.8) is 0 Å². The third kappa shape index (κ3) is 2.61. The van der Waals surface area contributed by atoms with Crippen LogP contribution in [0.4, 0.5) is 18.9 Å². The number of nitrogens with one attached hydrogen (secondary N) is 1. The zero-order valence-corrected chi connectivity index (χ0v) is 6.71. The summed E-state index contributed by atoms with van der Waals surface area (Å²) in [7, 11) is 0. The minimum Gasteiger partial charge on any atom is -0.619 e. The maximum atomic E-state index is 11.7. The van der Waals surface area contributed by atoms with E-state index in [-0.39, 0.29) is 10.4 Å². The molecular weight excluding hydrogens is 201 g/mol. The number of carbonyl (C=O) groups is 1. The first-order chi connectivity index (χ1) is 6.39. The van der Waals surface area contributed by atoms with Gasteiger partial charge in [-0.1, -0.05) is 0 Å². The molecular formula is C7H5F3N2O2. The molecule has 0 radical (unpaired) electrons. The smallest absolute Gasteiger partial charge is 0.471 e. The Morgan fingerprint density at radius 2 is 2.14 bits per heavy atom. The molecule has 1 N–H and O–H groups in total. The van der Waals surface area contributed by atoms with Gasteiger partial charge in [-0.05, 0) is 6.07 Å². The Morgan fingerprint density at radius 1 is 1.50 bits per heavy atom. The highest BCUT2D eigenvalue weighted by atomic mass is 19.4. The highest BCUT2D eigenvalue weighted by Gasteiger charge is 2.38. The molecule has 14 heavy (non-hydrogen) atoms. The Kier molecular flexibility index (Phi) is 2.59. The molecule has 0 aliphatic rings. The number of aromatic nitrogens is 1. The van der Waals surface area contributed by atoms with Gasteiger partial charge in [-0.15, -0.1) is 0 Å². The van der Waals surface area contributed by atoms with Crippen molar-refractivity contribution in [1.29, 1.82) is 0 Å². The van der Waals surface area contributed by atoms with Gasteiger partial charge in [0.2, 0.25) is 6.20 Å². The largest absolute Gasteiger partial charge is 0.619 e. The molecule has 0 bridgehead atoms. The quantitative estimate of drug-likeness (QED) is 0.546. The van der Waals surface area contributed by atoms with Crippen molar-refractivity contribution in [3.8, 4) is 0 Å². The monoisotopic (exact) mass is 206 g/mol. The van der Waals surface area contributed by atoms with Gasteiger partial charge >= 0.3 is 12.1 Å². The highest BCUT2D eigenvalue weighted by Crippen LogP contribution is 2.17. The van der Waals surface area contributed by atoms with E-state index in [4.69, 9.17) is 0 Å². The molecule has 1 rings (SSSR count). The minimum atomic E-state index is -4.95. The molecule has 4 nitrogen and oxygen atoms in total. The van der Waals surface area contributed by atoms with Gasteiger partial charge in [0.15, 0.2) is 6.20 Å². The maximum absolute atomic E-state index is 11.7. The van der Waals surface area contributed by atoms with Crippen LogP contribution in [-0.4, -0.2) is 12.1 Å². The predicted molar refractivity (Wildman–Crippen MR) is 40.1 cm³/mol. The maximum Gasteiger partial charge on any atom is 0.471 e. The first kappa shape index (κ1) is 10.3. The number of alkyl halides is 3. The number of nitrogens with zero attached hydrogens (tertiary/aromatic N) is 1. The van der Waals surface area contributed by atoms with E-state index in [9.17, 15) is 23.2 Å². The van der Waals surface area contributed by atoms with Crippen molar-refractivity contribution in [2.45, 2.75) is 6.18 Å². The van der Waals surface area contributed by atoms with E-state index in [1.807, 2.05) is 0 Å². The van der Waals surface area contributed by atoms with Gasteiger partial charge in [-0.2, -0.15) is 17.9 Å². The van der Waals surface area contributed by atoms with Crippen LogP contribution in [0.5, 0.6) is 0 Å². The lowest BCUT2D eigenvalue weighted by Crippen LogP contribution is -2.32. The fourth-order valence-corrected chi connectivity index (χ4v) is 0.731. The van der Waals surface area contributed by atoms with E-state index >= 15 is 0 Å². The summed E-state index contributed by atoms with van der Waals surface area (Å²) < 4.78 is 35.5. The van der Waals surface area contributed by atoms with Crippen LogP contribution in [0.25, 0.3) is 0 Å². The molecule has 1 amide bonds. The summed E-state index contributed by atoms with van der Waals surface area (Å²) in [4.78, 5) is 10.4. The molecule has 0 aromatic carbocycles. The summed E-state index contributed by atoms with van der Waals surface area (Å²) in [6, 6.07) is 2.40. The summed E-state index contributed by atoms with van der Waals surface area (Å²) in [6.07, 6.45) is -3.05. The topological polar surface area (TPSA) is 56.0 Å². The number of carbonyl (C=O) groups excluding carboxylic acids is 1. The van der Waals surface area contributed by atoms with Crippen LogP contribution in [0.3, 0.4) is 0 Å². The van der Waals surface area contributed by atoms with Crippen molar-refractivity contribution in [2.24, 2.45) is 0 Å². The molecule has 0 atom stereocenters. The average molecular weight is 206 g/mol. The zero-order chi connectivity index (χ0) is 10.8. The molecule has 0 unspecified atom stereocenters. The van der Waals surface area contributed by atoms with E-state index in [1.165, 1.54) is 17.4 Å². The van der Waals surface area contributed by atoms with E-state index < -0.39 is 12.1 Å². The van der Waals surface area contributed by atoms with Crippen LogP contribution in [-0.2, 0) is 4.79 Å². The van der Waals surface area contributed by atoms with Crippen LogP contribution in [0.1, 0.15) is 0 Å². The minimum absolute atomic E-state index is 0.204. The number of hydrogen-bond acceptors (Lipinski definition) is 2. The lowest BCUT2D eigenvalue weighted by atomic mass is 10.4. The van der Waals surface area contributed by atoms with Crippen molar-refractivity contribution in [3.05, 3.63) is 29.7 Å². The Morgan fingerprint density at radius 3 is 2.64 bits per heavy atom. The van der Waals surface area contributed by atoms with Crippen molar-refractivity contribution >= 4 is 11.6 Å². The van der Waals surface area contributed by atoms with Crippen LogP contribution in [0.15, 0.2) is 24.5 Å². The van der Waals surface area contributed by atoms with Gasteiger partial charge in [0.1, 0.15) is 5.69 Å². The summed E-state index contributed by atoms with van der Waals surface area (Å²) in [5, 5.41) is 12.1. The molecule has 1 aromatic rings. The third-order valence-corrected chi connectivity index (χ3v) is 1.29. The second-order valence-corrected chi connectivity index (χ2v) is 2.40. The van der Waals surface area contributed by atoms with Crippen molar-refractivity contribution in [1.82, 2.24) is 0 Å². The van der Waals surface area contributed by atoms with E-state index in [0.29, 0.717) is 0 Å². The zero-order valence-electron chi connectivity index (χ0n) is 6.71.